The third-order valence-corrected chi connectivity index (χ3v) is 5.08. The molecule has 29 heavy (non-hydrogen) atoms. The van der Waals surface area contributed by atoms with Gasteiger partial charge in [-0.1, -0.05) is 41.5 Å². The van der Waals surface area contributed by atoms with E-state index in [1.807, 2.05) is 26.0 Å². The zero-order chi connectivity index (χ0) is 22.2. The van der Waals surface area contributed by atoms with E-state index in [2.05, 4.69) is 53.8 Å². The molecule has 0 radical (unpaired) electrons. The van der Waals surface area contributed by atoms with Gasteiger partial charge in [0.1, 0.15) is 11.4 Å². The van der Waals surface area contributed by atoms with Crippen molar-refractivity contribution in [1.29, 1.82) is 0 Å². The van der Waals surface area contributed by atoms with Crippen molar-refractivity contribution in [2.45, 2.75) is 99.7 Å². The minimum absolute atomic E-state index is 0.0391. The molecule has 0 saturated heterocycles. The average molecular weight is 406 g/mol. The van der Waals surface area contributed by atoms with Crippen LogP contribution in [0.5, 0.6) is 5.75 Å². The van der Waals surface area contributed by atoms with Crippen LogP contribution in [-0.2, 0) is 9.53 Å². The minimum Gasteiger partial charge on any atom is -0.490 e. The Bertz CT molecular complexity index is 618. The van der Waals surface area contributed by atoms with E-state index in [0.717, 1.165) is 35.4 Å². The summed E-state index contributed by atoms with van der Waals surface area (Å²) in [5, 5.41) is 3.16. The van der Waals surface area contributed by atoms with Crippen molar-refractivity contribution in [1.82, 2.24) is 0 Å². The lowest BCUT2D eigenvalue weighted by atomic mass is 9.83. The van der Waals surface area contributed by atoms with Gasteiger partial charge in [-0.2, -0.15) is 0 Å². The second-order valence-electron chi connectivity index (χ2n) is 9.27. The van der Waals surface area contributed by atoms with E-state index in [-0.39, 0.29) is 12.0 Å². The maximum atomic E-state index is 13.5. The highest BCUT2D eigenvalue weighted by Gasteiger charge is 2.40. The fraction of sp³-hybridized carbons (Fsp3) is 0.720. The summed E-state index contributed by atoms with van der Waals surface area (Å²) in [4.78, 5) is 13.5. The van der Waals surface area contributed by atoms with Gasteiger partial charge < -0.3 is 14.8 Å². The number of anilines is 1. The molecule has 1 rings (SSSR count). The van der Waals surface area contributed by atoms with Gasteiger partial charge in [-0.15, -0.1) is 0 Å². The zero-order valence-electron chi connectivity index (χ0n) is 20.1. The van der Waals surface area contributed by atoms with Gasteiger partial charge in [0.15, 0.2) is 0 Å². The number of aryl methyl sites for hydroxylation is 2. The van der Waals surface area contributed by atoms with Crippen LogP contribution in [0, 0.1) is 25.7 Å². The summed E-state index contributed by atoms with van der Waals surface area (Å²) in [7, 11) is 0. The summed E-state index contributed by atoms with van der Waals surface area (Å²) in [5.41, 5.74) is 2.08. The van der Waals surface area contributed by atoms with E-state index in [9.17, 15) is 4.79 Å². The molecule has 0 bridgehead atoms. The van der Waals surface area contributed by atoms with Crippen molar-refractivity contribution < 1.29 is 14.3 Å². The van der Waals surface area contributed by atoms with Crippen molar-refractivity contribution in [3.05, 3.63) is 23.3 Å². The van der Waals surface area contributed by atoms with E-state index >= 15 is 0 Å². The molecule has 0 aliphatic carbocycles. The van der Waals surface area contributed by atoms with Crippen molar-refractivity contribution in [3.63, 3.8) is 0 Å². The third-order valence-electron chi connectivity index (χ3n) is 5.08. The molecule has 1 aromatic carbocycles. The quantitative estimate of drug-likeness (QED) is 0.422. The smallest absolute Gasteiger partial charge is 0.256 e. The molecule has 4 heteroatoms. The molecule has 1 aromatic rings. The average Bonchev–Trinajstić information content (AvgIpc) is 2.61. The normalized spacial score (nSPS) is 13.1. The van der Waals surface area contributed by atoms with Crippen LogP contribution in [0.15, 0.2) is 12.1 Å². The molecular weight excluding hydrogens is 362 g/mol. The fourth-order valence-corrected chi connectivity index (χ4v) is 3.81. The van der Waals surface area contributed by atoms with E-state index < -0.39 is 5.60 Å². The highest BCUT2D eigenvalue weighted by Crippen LogP contribution is 2.33. The molecule has 0 aliphatic heterocycles. The van der Waals surface area contributed by atoms with Gasteiger partial charge in [0.2, 0.25) is 0 Å². The van der Waals surface area contributed by atoms with Crippen LogP contribution >= 0.6 is 0 Å². The predicted molar refractivity (Wildman–Crippen MR) is 123 cm³/mol. The Hall–Kier alpha value is -1.55. The maximum Gasteiger partial charge on any atom is 0.256 e. The van der Waals surface area contributed by atoms with E-state index in [0.29, 0.717) is 31.3 Å². The van der Waals surface area contributed by atoms with Gasteiger partial charge >= 0.3 is 0 Å². The van der Waals surface area contributed by atoms with Crippen LogP contribution in [0.25, 0.3) is 0 Å². The Morgan fingerprint density at radius 1 is 1.00 bits per heavy atom. The molecule has 0 spiro atoms. The second kappa shape index (κ2) is 11.6. The first-order chi connectivity index (χ1) is 13.5. The standard InChI is InChI=1S/C25H43NO3/c1-10-12-28-25(15-17(3)4,16-18(5)6)24(27)26-22-13-19(7)23(20(8)14-22)29-21(9)11-2/h13-14,17-18,21H,10-12,15-16H2,1-9H3,(H,26,27). The van der Waals surface area contributed by atoms with Crippen molar-refractivity contribution in [2.75, 3.05) is 11.9 Å². The molecule has 4 nitrogen and oxygen atoms in total. The number of carbonyl (C=O) groups excluding carboxylic acids is 1. The molecule has 0 fully saturated rings. The first-order valence-electron chi connectivity index (χ1n) is 11.3. The van der Waals surface area contributed by atoms with Crippen molar-refractivity contribution in [2.24, 2.45) is 11.8 Å². The maximum absolute atomic E-state index is 13.5. The van der Waals surface area contributed by atoms with Crippen LogP contribution < -0.4 is 10.1 Å². The highest BCUT2D eigenvalue weighted by atomic mass is 16.5. The molecule has 0 saturated carbocycles. The van der Waals surface area contributed by atoms with Gasteiger partial charge in [-0.3, -0.25) is 4.79 Å². The summed E-state index contributed by atoms with van der Waals surface area (Å²) in [6, 6.07) is 4.00. The van der Waals surface area contributed by atoms with E-state index in [1.54, 1.807) is 0 Å². The monoisotopic (exact) mass is 405 g/mol. The van der Waals surface area contributed by atoms with Gasteiger partial charge in [-0.05, 0) is 81.5 Å². The summed E-state index contributed by atoms with van der Waals surface area (Å²) in [6.07, 6.45) is 3.44. The molecule has 1 amide bonds. The zero-order valence-corrected chi connectivity index (χ0v) is 20.1. The van der Waals surface area contributed by atoms with Crippen molar-refractivity contribution >= 4 is 11.6 Å². The van der Waals surface area contributed by atoms with Crippen LogP contribution in [0.3, 0.4) is 0 Å². The van der Waals surface area contributed by atoms with Gasteiger partial charge in [0.05, 0.1) is 6.10 Å². The summed E-state index contributed by atoms with van der Waals surface area (Å²) in [6.45, 7) is 19.5. The Labute approximate surface area is 178 Å². The van der Waals surface area contributed by atoms with Crippen LogP contribution in [-0.4, -0.2) is 24.2 Å². The number of hydrogen-bond acceptors (Lipinski definition) is 3. The second-order valence-corrected chi connectivity index (χ2v) is 9.27. The topological polar surface area (TPSA) is 47.6 Å². The minimum atomic E-state index is -0.800. The predicted octanol–water partition coefficient (Wildman–Crippen LogP) is 6.68. The number of rotatable bonds is 12. The van der Waals surface area contributed by atoms with Crippen molar-refractivity contribution in [3.8, 4) is 5.75 Å². The molecule has 166 valence electrons. The number of amides is 1. The molecule has 0 aliphatic rings. The molecular formula is C25H43NO3. The highest BCUT2D eigenvalue weighted by molar-refractivity contribution is 5.97. The molecule has 1 atom stereocenters. The van der Waals surface area contributed by atoms with Gasteiger partial charge in [0, 0.05) is 12.3 Å². The fourth-order valence-electron chi connectivity index (χ4n) is 3.81. The number of ether oxygens (including phenoxy) is 2. The number of hydrogen-bond donors (Lipinski definition) is 1. The Morgan fingerprint density at radius 3 is 1.93 bits per heavy atom. The first kappa shape index (κ1) is 25.5. The lowest BCUT2D eigenvalue weighted by Gasteiger charge is -2.35. The molecule has 0 heterocycles. The number of carbonyl (C=O) groups is 1. The van der Waals surface area contributed by atoms with Crippen LogP contribution in [0.4, 0.5) is 5.69 Å². The first-order valence-corrected chi connectivity index (χ1v) is 11.3. The summed E-state index contributed by atoms with van der Waals surface area (Å²) < 4.78 is 12.3. The third kappa shape index (κ3) is 7.65. The SMILES string of the molecule is CCCOC(CC(C)C)(CC(C)C)C(=O)Nc1cc(C)c(OC(C)CC)c(C)c1. The lowest BCUT2D eigenvalue weighted by molar-refractivity contribution is -0.147. The Morgan fingerprint density at radius 2 is 1.52 bits per heavy atom. The van der Waals surface area contributed by atoms with Crippen LogP contribution in [0.1, 0.15) is 85.3 Å². The van der Waals surface area contributed by atoms with E-state index in [4.69, 9.17) is 9.47 Å². The molecule has 1 N–H and O–H groups in total. The Kier molecular flexibility index (Phi) is 10.2. The summed E-state index contributed by atoms with van der Waals surface area (Å²) >= 11 is 0. The van der Waals surface area contributed by atoms with Gasteiger partial charge in [-0.25, -0.2) is 0 Å². The van der Waals surface area contributed by atoms with Gasteiger partial charge in [0.25, 0.3) is 5.91 Å². The largest absolute Gasteiger partial charge is 0.490 e. The summed E-state index contributed by atoms with van der Waals surface area (Å²) in [5.74, 6) is 1.61. The number of benzene rings is 1. The number of nitrogens with one attached hydrogen (secondary N) is 1. The molecule has 1 unspecified atom stereocenters. The Balaban J connectivity index is 3.17. The lowest BCUT2D eigenvalue weighted by Crippen LogP contribution is -2.48. The van der Waals surface area contributed by atoms with Crippen LogP contribution in [0.2, 0.25) is 0 Å². The molecule has 0 aromatic heterocycles. The van der Waals surface area contributed by atoms with E-state index in [1.165, 1.54) is 0 Å².